The van der Waals surface area contributed by atoms with Gasteiger partial charge in [0.25, 0.3) is 6.02 Å². The van der Waals surface area contributed by atoms with Crippen LogP contribution in [0.4, 0.5) is 13.2 Å². The molecule has 0 atom stereocenters. The van der Waals surface area contributed by atoms with Gasteiger partial charge < -0.3 is 15.4 Å². The van der Waals surface area contributed by atoms with Gasteiger partial charge in [0, 0.05) is 19.1 Å². The minimum absolute atomic E-state index is 0.132. The molecule has 1 heterocycles. The third kappa shape index (κ3) is 5.97. The van der Waals surface area contributed by atoms with E-state index in [1.165, 1.54) is 19.3 Å². The number of halogens is 3. The molecule has 0 amide bonds. The minimum Gasteiger partial charge on any atom is -0.462 e. The molecule has 1 aliphatic carbocycles. The van der Waals surface area contributed by atoms with Crippen molar-refractivity contribution in [2.75, 3.05) is 13.1 Å². The first-order chi connectivity index (χ1) is 10.0. The van der Waals surface area contributed by atoms with Gasteiger partial charge in [-0.25, -0.2) is 0 Å². The van der Waals surface area contributed by atoms with Crippen molar-refractivity contribution in [3.05, 3.63) is 0 Å². The van der Waals surface area contributed by atoms with Crippen molar-refractivity contribution in [1.29, 1.82) is 5.41 Å². The summed E-state index contributed by atoms with van der Waals surface area (Å²) in [4.78, 5) is 2.56. The van der Waals surface area contributed by atoms with E-state index in [-0.39, 0.29) is 12.1 Å². The summed E-state index contributed by atoms with van der Waals surface area (Å²) < 4.78 is 62.7. The van der Waals surface area contributed by atoms with Crippen LogP contribution >= 0.6 is 0 Å². The molecule has 7 nitrogen and oxygen atoms in total. The summed E-state index contributed by atoms with van der Waals surface area (Å²) in [5.74, 6) is 0. The van der Waals surface area contributed by atoms with Crippen molar-refractivity contribution >= 4 is 16.1 Å². The maximum Gasteiger partial charge on any atom is 0.522 e. The lowest BCUT2D eigenvalue weighted by Crippen LogP contribution is -2.46. The lowest BCUT2D eigenvalue weighted by molar-refractivity contribution is -0.0510. The SMILES string of the molecule is N=C(N)OC1CCN(C2CCC2)CC1.O=S(=O)(O)C(F)(F)F. The van der Waals surface area contributed by atoms with E-state index in [2.05, 4.69) is 4.90 Å². The van der Waals surface area contributed by atoms with Crippen molar-refractivity contribution in [3.63, 3.8) is 0 Å². The molecule has 0 radical (unpaired) electrons. The molecular weight excluding hydrogens is 327 g/mol. The van der Waals surface area contributed by atoms with Crippen LogP contribution in [0, 0.1) is 5.41 Å². The Morgan fingerprint density at radius 1 is 1.23 bits per heavy atom. The van der Waals surface area contributed by atoms with Gasteiger partial charge in [0.05, 0.1) is 0 Å². The molecule has 0 aromatic rings. The van der Waals surface area contributed by atoms with Crippen LogP contribution in [0.25, 0.3) is 0 Å². The van der Waals surface area contributed by atoms with Gasteiger partial charge in [-0.2, -0.15) is 21.6 Å². The summed E-state index contributed by atoms with van der Waals surface area (Å²) in [6.07, 6.45) is 6.38. The fourth-order valence-electron chi connectivity index (χ4n) is 2.29. The minimum atomic E-state index is -5.84. The first-order valence-electron chi connectivity index (χ1n) is 6.79. The lowest BCUT2D eigenvalue weighted by atomic mass is 9.90. The second-order valence-electron chi connectivity index (χ2n) is 5.22. The molecule has 2 fully saturated rings. The van der Waals surface area contributed by atoms with Gasteiger partial charge in [-0.15, -0.1) is 0 Å². The van der Waals surface area contributed by atoms with Crippen LogP contribution in [0.2, 0.25) is 0 Å². The molecule has 130 valence electrons. The van der Waals surface area contributed by atoms with Gasteiger partial charge in [-0.05, 0) is 25.7 Å². The number of nitrogens with one attached hydrogen (secondary N) is 1. The van der Waals surface area contributed by atoms with Gasteiger partial charge in [0.1, 0.15) is 6.10 Å². The quantitative estimate of drug-likeness (QED) is 0.300. The molecule has 11 heteroatoms. The van der Waals surface area contributed by atoms with Crippen LogP contribution < -0.4 is 5.73 Å². The maximum atomic E-state index is 10.7. The first kappa shape index (κ1) is 19.0. The van der Waals surface area contributed by atoms with E-state index in [9.17, 15) is 13.2 Å². The van der Waals surface area contributed by atoms with Crippen LogP contribution in [0.3, 0.4) is 0 Å². The summed E-state index contributed by atoms with van der Waals surface area (Å²) >= 11 is 0. The number of nitrogens with two attached hydrogens (primary N) is 1. The van der Waals surface area contributed by atoms with Crippen LogP contribution in [0.5, 0.6) is 0 Å². The van der Waals surface area contributed by atoms with Crippen molar-refractivity contribution in [2.45, 2.75) is 49.8 Å². The average molecular weight is 347 g/mol. The van der Waals surface area contributed by atoms with Crippen molar-refractivity contribution < 1.29 is 30.9 Å². The summed E-state index contributed by atoms with van der Waals surface area (Å²) in [5, 5.41) is 7.05. The van der Waals surface area contributed by atoms with E-state index in [4.69, 9.17) is 28.9 Å². The number of hydrogen-bond acceptors (Lipinski definition) is 5. The Bertz CT molecular complexity index is 471. The largest absolute Gasteiger partial charge is 0.522 e. The number of amidine groups is 1. The highest BCUT2D eigenvalue weighted by Gasteiger charge is 2.44. The Labute approximate surface area is 126 Å². The zero-order chi connectivity index (χ0) is 17.0. The Morgan fingerprint density at radius 2 is 1.68 bits per heavy atom. The van der Waals surface area contributed by atoms with Crippen molar-refractivity contribution in [2.24, 2.45) is 5.73 Å². The first-order valence-corrected chi connectivity index (χ1v) is 8.23. The molecule has 4 N–H and O–H groups in total. The van der Waals surface area contributed by atoms with Gasteiger partial charge in [0.15, 0.2) is 0 Å². The van der Waals surface area contributed by atoms with E-state index in [0.717, 1.165) is 32.0 Å². The summed E-state index contributed by atoms with van der Waals surface area (Å²) in [6.45, 7) is 2.23. The zero-order valence-corrected chi connectivity index (χ0v) is 12.7. The molecular formula is C11H20F3N3O4S. The Balaban J connectivity index is 0.000000261. The highest BCUT2D eigenvalue weighted by molar-refractivity contribution is 7.86. The maximum absolute atomic E-state index is 10.7. The number of alkyl halides is 3. The number of ether oxygens (including phenoxy) is 1. The van der Waals surface area contributed by atoms with Gasteiger partial charge >= 0.3 is 15.6 Å². The van der Waals surface area contributed by atoms with Crippen LogP contribution in [-0.4, -0.2) is 54.6 Å². The van der Waals surface area contributed by atoms with Crippen molar-refractivity contribution in [1.82, 2.24) is 4.90 Å². The molecule has 2 aliphatic rings. The number of rotatable bonds is 2. The molecule has 1 saturated carbocycles. The fourth-order valence-corrected chi connectivity index (χ4v) is 2.29. The molecule has 0 bridgehead atoms. The van der Waals surface area contributed by atoms with Crippen molar-refractivity contribution in [3.8, 4) is 0 Å². The van der Waals surface area contributed by atoms with Crippen LogP contribution in [0.15, 0.2) is 0 Å². The number of hydrogen-bond donors (Lipinski definition) is 3. The highest BCUT2D eigenvalue weighted by Crippen LogP contribution is 2.27. The Morgan fingerprint density at radius 3 is 1.95 bits per heavy atom. The van der Waals surface area contributed by atoms with Gasteiger partial charge in [-0.1, -0.05) is 6.42 Å². The monoisotopic (exact) mass is 347 g/mol. The molecule has 0 spiro atoms. The highest BCUT2D eigenvalue weighted by atomic mass is 32.2. The van der Waals surface area contributed by atoms with Crippen LogP contribution in [-0.2, 0) is 14.9 Å². The Kier molecular flexibility index (Phi) is 6.44. The average Bonchev–Trinajstić information content (AvgIpc) is 2.26. The molecule has 0 unspecified atom stereocenters. The summed E-state index contributed by atoms with van der Waals surface area (Å²) in [5.41, 5.74) is -0.332. The van der Waals surface area contributed by atoms with Crippen LogP contribution in [0.1, 0.15) is 32.1 Å². The molecule has 22 heavy (non-hydrogen) atoms. The fraction of sp³-hybridized carbons (Fsp3) is 0.909. The van der Waals surface area contributed by atoms with E-state index in [1.54, 1.807) is 0 Å². The van der Waals surface area contributed by atoms with Gasteiger partial charge in [-0.3, -0.25) is 9.96 Å². The van der Waals surface area contributed by atoms with Gasteiger partial charge in [0.2, 0.25) is 0 Å². The number of nitrogens with zero attached hydrogens (tertiary/aromatic N) is 1. The number of likely N-dealkylation sites (tertiary alicyclic amines) is 1. The van der Waals surface area contributed by atoms with E-state index < -0.39 is 15.6 Å². The van der Waals surface area contributed by atoms with E-state index in [1.807, 2.05) is 0 Å². The summed E-state index contributed by atoms with van der Waals surface area (Å²) in [6, 6.07) is 0.709. The van der Waals surface area contributed by atoms with E-state index in [0.29, 0.717) is 0 Å². The lowest BCUT2D eigenvalue weighted by Gasteiger charge is -2.41. The normalized spacial score (nSPS) is 21.5. The smallest absolute Gasteiger partial charge is 0.462 e. The number of piperidine rings is 1. The molecule has 0 aromatic heterocycles. The molecule has 0 aromatic carbocycles. The summed E-state index contributed by atoms with van der Waals surface area (Å²) in [7, 11) is -5.84. The molecule has 2 rings (SSSR count). The van der Waals surface area contributed by atoms with E-state index >= 15 is 0 Å². The predicted octanol–water partition coefficient (Wildman–Crippen LogP) is 1.31. The predicted molar refractivity (Wildman–Crippen MR) is 72.8 cm³/mol. The standard InChI is InChI=1S/C10H19N3O.CHF3O3S/c11-10(12)14-9-4-6-13(7-5-9)8-2-1-3-8;2-1(3,4)8(5,6)7/h8-9H,1-7H2,(H3,11,12);(H,5,6,7). The third-order valence-corrected chi connectivity index (χ3v) is 4.24. The second kappa shape index (κ2) is 7.47. The topological polar surface area (TPSA) is 117 Å². The zero-order valence-electron chi connectivity index (χ0n) is 11.8. The third-order valence-electron chi connectivity index (χ3n) is 3.65. The molecule has 1 saturated heterocycles. The Hall–Kier alpha value is -1.07. The molecule has 1 aliphatic heterocycles. The second-order valence-corrected chi connectivity index (χ2v) is 6.64.